The van der Waals surface area contributed by atoms with Crippen LogP contribution in [0.5, 0.6) is 0 Å². The molecule has 1 aliphatic heterocycles. The van der Waals surface area contributed by atoms with E-state index in [-0.39, 0.29) is 12.5 Å². The first-order valence-corrected chi connectivity index (χ1v) is 7.71. The SMILES string of the molecule is NC(=O)CN(CCCN1CCCC1)Cc1ccccc1N. The van der Waals surface area contributed by atoms with Gasteiger partial charge in [0.15, 0.2) is 0 Å². The van der Waals surface area contributed by atoms with Crippen LogP contribution >= 0.6 is 0 Å². The molecule has 0 radical (unpaired) electrons. The summed E-state index contributed by atoms with van der Waals surface area (Å²) in [4.78, 5) is 15.8. The third-order valence-electron chi connectivity index (χ3n) is 3.98. The average Bonchev–Trinajstić information content (AvgIpc) is 2.94. The Morgan fingerprint density at radius 2 is 1.95 bits per heavy atom. The number of nitrogens with zero attached hydrogens (tertiary/aromatic N) is 2. The number of nitrogen functional groups attached to an aromatic ring is 1. The van der Waals surface area contributed by atoms with Crippen LogP contribution in [0, 0.1) is 0 Å². The van der Waals surface area contributed by atoms with Gasteiger partial charge in [-0.05, 0) is 50.5 Å². The van der Waals surface area contributed by atoms with Crippen LogP contribution in [0.2, 0.25) is 0 Å². The number of carbonyl (C=O) groups excluding carboxylic acids is 1. The lowest BCUT2D eigenvalue weighted by Gasteiger charge is -2.23. The molecule has 4 N–H and O–H groups in total. The van der Waals surface area contributed by atoms with Crippen LogP contribution in [0.15, 0.2) is 24.3 Å². The Kier molecular flexibility index (Phi) is 6.02. The van der Waals surface area contributed by atoms with Crippen LogP contribution in [-0.2, 0) is 11.3 Å². The Morgan fingerprint density at radius 3 is 2.62 bits per heavy atom. The summed E-state index contributed by atoms with van der Waals surface area (Å²) in [5.74, 6) is -0.286. The highest BCUT2D eigenvalue weighted by molar-refractivity contribution is 5.75. The third kappa shape index (κ3) is 5.36. The highest BCUT2D eigenvalue weighted by Gasteiger charge is 2.14. The Bertz CT molecular complexity index is 457. The van der Waals surface area contributed by atoms with E-state index in [4.69, 9.17) is 11.5 Å². The number of benzene rings is 1. The Morgan fingerprint density at radius 1 is 1.24 bits per heavy atom. The molecule has 1 aliphatic rings. The predicted molar refractivity (Wildman–Crippen MR) is 85.6 cm³/mol. The van der Waals surface area contributed by atoms with Gasteiger partial charge in [0.05, 0.1) is 6.54 Å². The van der Waals surface area contributed by atoms with Gasteiger partial charge in [0.25, 0.3) is 0 Å². The Labute approximate surface area is 126 Å². The molecular formula is C16H26N4O. The number of amides is 1. The quantitative estimate of drug-likeness (QED) is 0.702. The summed E-state index contributed by atoms with van der Waals surface area (Å²) in [6.45, 7) is 5.35. The molecule has 1 aromatic carbocycles. The summed E-state index contributed by atoms with van der Waals surface area (Å²) in [5, 5.41) is 0. The number of primary amides is 1. The van der Waals surface area contributed by atoms with E-state index in [1.54, 1.807) is 0 Å². The van der Waals surface area contributed by atoms with Crippen molar-refractivity contribution in [2.45, 2.75) is 25.8 Å². The second-order valence-corrected chi connectivity index (χ2v) is 5.78. The van der Waals surface area contributed by atoms with Crippen molar-refractivity contribution < 1.29 is 4.79 Å². The minimum absolute atomic E-state index is 0.286. The molecule has 116 valence electrons. The number of rotatable bonds is 8. The van der Waals surface area contributed by atoms with Gasteiger partial charge in [0.1, 0.15) is 0 Å². The zero-order chi connectivity index (χ0) is 15.1. The van der Waals surface area contributed by atoms with Crippen molar-refractivity contribution in [3.8, 4) is 0 Å². The summed E-state index contributed by atoms with van der Waals surface area (Å²) in [6, 6.07) is 7.79. The zero-order valence-corrected chi connectivity index (χ0v) is 12.6. The van der Waals surface area contributed by atoms with Gasteiger partial charge in [-0.15, -0.1) is 0 Å². The highest BCUT2D eigenvalue weighted by Crippen LogP contribution is 2.14. The fraction of sp³-hybridized carbons (Fsp3) is 0.562. The number of carbonyl (C=O) groups is 1. The van der Waals surface area contributed by atoms with Gasteiger partial charge in [0, 0.05) is 18.8 Å². The van der Waals surface area contributed by atoms with Gasteiger partial charge in [-0.1, -0.05) is 18.2 Å². The Hall–Kier alpha value is -1.59. The second-order valence-electron chi connectivity index (χ2n) is 5.78. The molecule has 0 bridgehead atoms. The van der Waals surface area contributed by atoms with Gasteiger partial charge in [-0.2, -0.15) is 0 Å². The maximum atomic E-state index is 11.2. The van der Waals surface area contributed by atoms with E-state index in [0.717, 1.165) is 30.8 Å². The molecule has 1 amide bonds. The van der Waals surface area contributed by atoms with Crippen LogP contribution in [-0.4, -0.2) is 48.4 Å². The number of anilines is 1. The van der Waals surface area contributed by atoms with Crippen molar-refractivity contribution in [3.63, 3.8) is 0 Å². The maximum Gasteiger partial charge on any atom is 0.231 e. The fourth-order valence-corrected chi connectivity index (χ4v) is 2.88. The normalized spacial score (nSPS) is 15.7. The van der Waals surface area contributed by atoms with E-state index >= 15 is 0 Å². The van der Waals surface area contributed by atoms with Crippen molar-refractivity contribution in [2.75, 3.05) is 38.5 Å². The van der Waals surface area contributed by atoms with E-state index in [0.29, 0.717) is 6.54 Å². The fourth-order valence-electron chi connectivity index (χ4n) is 2.88. The number of hydrogen-bond acceptors (Lipinski definition) is 4. The number of hydrogen-bond donors (Lipinski definition) is 2. The van der Waals surface area contributed by atoms with Gasteiger partial charge in [-0.3, -0.25) is 9.69 Å². The first kappa shape index (κ1) is 15.8. The van der Waals surface area contributed by atoms with Crippen LogP contribution in [0.4, 0.5) is 5.69 Å². The molecule has 0 atom stereocenters. The summed E-state index contributed by atoms with van der Waals surface area (Å²) >= 11 is 0. The molecule has 1 saturated heterocycles. The molecule has 5 heteroatoms. The number of nitrogens with two attached hydrogens (primary N) is 2. The lowest BCUT2D eigenvalue weighted by Crippen LogP contribution is -2.35. The average molecular weight is 290 g/mol. The number of para-hydroxylation sites is 1. The first-order valence-electron chi connectivity index (χ1n) is 7.71. The predicted octanol–water partition coefficient (Wildman–Crippen LogP) is 1.04. The lowest BCUT2D eigenvalue weighted by atomic mass is 10.1. The van der Waals surface area contributed by atoms with Crippen molar-refractivity contribution in [3.05, 3.63) is 29.8 Å². The second kappa shape index (κ2) is 8.00. The molecule has 0 aliphatic carbocycles. The molecule has 1 aromatic rings. The molecule has 0 spiro atoms. The van der Waals surface area contributed by atoms with Gasteiger partial charge < -0.3 is 16.4 Å². The molecule has 1 heterocycles. The standard InChI is InChI=1S/C16H26N4O/c17-15-7-2-1-6-14(15)12-20(13-16(18)21)11-5-10-19-8-3-4-9-19/h1-2,6-7H,3-5,8-13,17H2,(H2,18,21). The van der Waals surface area contributed by atoms with Crippen molar-refractivity contribution in [1.82, 2.24) is 9.80 Å². The van der Waals surface area contributed by atoms with E-state index in [1.807, 2.05) is 24.3 Å². The smallest absolute Gasteiger partial charge is 0.231 e. The monoisotopic (exact) mass is 290 g/mol. The lowest BCUT2D eigenvalue weighted by molar-refractivity contribution is -0.119. The molecule has 5 nitrogen and oxygen atoms in total. The molecular weight excluding hydrogens is 264 g/mol. The molecule has 0 unspecified atom stereocenters. The Balaban J connectivity index is 1.84. The summed E-state index contributed by atoms with van der Waals surface area (Å²) in [6.07, 6.45) is 3.68. The minimum atomic E-state index is -0.286. The van der Waals surface area contributed by atoms with Crippen molar-refractivity contribution in [1.29, 1.82) is 0 Å². The largest absolute Gasteiger partial charge is 0.398 e. The van der Waals surface area contributed by atoms with E-state index in [9.17, 15) is 4.79 Å². The topological polar surface area (TPSA) is 75.6 Å². The minimum Gasteiger partial charge on any atom is -0.398 e. The van der Waals surface area contributed by atoms with E-state index in [1.165, 1.54) is 25.9 Å². The highest BCUT2D eigenvalue weighted by atomic mass is 16.1. The molecule has 0 saturated carbocycles. The molecule has 0 aromatic heterocycles. The maximum absolute atomic E-state index is 11.2. The van der Waals surface area contributed by atoms with Crippen molar-refractivity contribution in [2.24, 2.45) is 5.73 Å². The van der Waals surface area contributed by atoms with Crippen LogP contribution in [0.25, 0.3) is 0 Å². The van der Waals surface area contributed by atoms with Gasteiger partial charge in [-0.25, -0.2) is 0 Å². The van der Waals surface area contributed by atoms with Crippen molar-refractivity contribution >= 4 is 11.6 Å². The first-order chi connectivity index (χ1) is 10.1. The van der Waals surface area contributed by atoms with Crippen LogP contribution in [0.1, 0.15) is 24.8 Å². The summed E-state index contributed by atoms with van der Waals surface area (Å²) < 4.78 is 0. The molecule has 2 rings (SSSR count). The van der Waals surface area contributed by atoms with Gasteiger partial charge >= 0.3 is 0 Å². The van der Waals surface area contributed by atoms with E-state index < -0.39 is 0 Å². The molecule has 1 fully saturated rings. The third-order valence-corrected chi connectivity index (χ3v) is 3.98. The van der Waals surface area contributed by atoms with Crippen LogP contribution in [0.3, 0.4) is 0 Å². The number of likely N-dealkylation sites (tertiary alicyclic amines) is 1. The molecule has 21 heavy (non-hydrogen) atoms. The zero-order valence-electron chi connectivity index (χ0n) is 12.6. The van der Waals surface area contributed by atoms with E-state index in [2.05, 4.69) is 9.80 Å². The van der Waals surface area contributed by atoms with Crippen LogP contribution < -0.4 is 11.5 Å². The summed E-state index contributed by atoms with van der Waals surface area (Å²) in [7, 11) is 0. The summed E-state index contributed by atoms with van der Waals surface area (Å²) in [5.41, 5.74) is 13.2. The van der Waals surface area contributed by atoms with Gasteiger partial charge in [0.2, 0.25) is 5.91 Å².